The Morgan fingerprint density at radius 2 is 1.97 bits per heavy atom. The fourth-order valence-corrected chi connectivity index (χ4v) is 3.56. The monoisotopic (exact) mass is 436 g/mol. The van der Waals surface area contributed by atoms with Gasteiger partial charge in [-0.1, -0.05) is 12.1 Å². The van der Waals surface area contributed by atoms with Gasteiger partial charge in [0.1, 0.15) is 11.9 Å². The van der Waals surface area contributed by atoms with E-state index in [-0.39, 0.29) is 24.2 Å². The fourth-order valence-electron chi connectivity index (χ4n) is 3.56. The van der Waals surface area contributed by atoms with E-state index in [9.17, 15) is 9.18 Å². The molecule has 1 aromatic carbocycles. The number of aryl methyl sites for hydroxylation is 2. The van der Waals surface area contributed by atoms with E-state index in [0.717, 1.165) is 22.8 Å². The van der Waals surface area contributed by atoms with Gasteiger partial charge >= 0.3 is 0 Å². The van der Waals surface area contributed by atoms with Crippen molar-refractivity contribution in [2.75, 3.05) is 36.9 Å². The van der Waals surface area contributed by atoms with E-state index in [0.29, 0.717) is 25.6 Å². The van der Waals surface area contributed by atoms with Crippen LogP contribution in [0.25, 0.3) is 0 Å². The van der Waals surface area contributed by atoms with Gasteiger partial charge in [-0.25, -0.2) is 14.4 Å². The van der Waals surface area contributed by atoms with Gasteiger partial charge in [-0.05, 0) is 44.2 Å². The molecular formula is C23H25FN6O2. The third kappa shape index (κ3) is 5.63. The number of amides is 1. The van der Waals surface area contributed by atoms with Gasteiger partial charge in [-0.15, -0.1) is 0 Å². The number of halogens is 1. The molecule has 32 heavy (non-hydrogen) atoms. The summed E-state index contributed by atoms with van der Waals surface area (Å²) in [5.74, 6) is -0.195. The van der Waals surface area contributed by atoms with Crippen molar-refractivity contribution in [1.29, 1.82) is 0 Å². The molecule has 0 radical (unpaired) electrons. The first-order valence-corrected chi connectivity index (χ1v) is 10.4. The third-order valence-electron chi connectivity index (χ3n) is 5.02. The maximum Gasteiger partial charge on any atom is 0.238 e. The van der Waals surface area contributed by atoms with Crippen LogP contribution in [0.1, 0.15) is 23.2 Å². The lowest BCUT2D eigenvalue weighted by Crippen LogP contribution is -2.42. The summed E-state index contributed by atoms with van der Waals surface area (Å²) in [6, 6.07) is 11.8. The van der Waals surface area contributed by atoms with Gasteiger partial charge in [0.2, 0.25) is 11.9 Å². The van der Waals surface area contributed by atoms with Crippen LogP contribution in [0.3, 0.4) is 0 Å². The van der Waals surface area contributed by atoms with Crippen LogP contribution in [-0.4, -0.2) is 52.0 Å². The van der Waals surface area contributed by atoms with Crippen LogP contribution in [0.4, 0.5) is 21.7 Å². The number of nitrogens with one attached hydrogen (secondary N) is 2. The summed E-state index contributed by atoms with van der Waals surface area (Å²) in [6.45, 7) is 5.61. The zero-order chi connectivity index (χ0) is 22.5. The molecule has 2 N–H and O–H groups in total. The minimum Gasteiger partial charge on any atom is -0.369 e. The largest absolute Gasteiger partial charge is 0.369 e. The highest BCUT2D eigenvalue weighted by atomic mass is 19.1. The van der Waals surface area contributed by atoms with E-state index in [1.807, 2.05) is 36.9 Å². The maximum absolute atomic E-state index is 13.8. The highest BCUT2D eigenvalue weighted by Crippen LogP contribution is 2.22. The van der Waals surface area contributed by atoms with Crippen molar-refractivity contribution < 1.29 is 13.9 Å². The Balaban J connectivity index is 1.34. The SMILES string of the molecule is Cc1cc(C)nc(Nc2ccc([C@@H]3CN(CC(=O)Nc4ccccc4F)CCO3)nc2)n1. The second kappa shape index (κ2) is 9.80. The number of para-hydroxylation sites is 1. The molecule has 166 valence electrons. The molecule has 9 heteroatoms. The Labute approximate surface area is 185 Å². The number of anilines is 3. The van der Waals surface area contributed by atoms with Crippen LogP contribution in [-0.2, 0) is 9.53 Å². The minimum absolute atomic E-state index is 0.151. The topological polar surface area (TPSA) is 92.3 Å². The van der Waals surface area contributed by atoms with Gasteiger partial charge in [0.05, 0.1) is 36.4 Å². The molecule has 1 atom stereocenters. The molecule has 0 unspecified atom stereocenters. The molecule has 4 rings (SSSR count). The molecule has 0 aliphatic carbocycles. The van der Waals surface area contributed by atoms with Crippen molar-refractivity contribution in [2.45, 2.75) is 20.0 Å². The Kier molecular flexibility index (Phi) is 6.67. The van der Waals surface area contributed by atoms with Crippen LogP contribution in [0, 0.1) is 19.7 Å². The van der Waals surface area contributed by atoms with Gasteiger partial charge < -0.3 is 15.4 Å². The number of carbonyl (C=O) groups is 1. The second-order valence-corrected chi connectivity index (χ2v) is 7.69. The molecule has 0 bridgehead atoms. The average molecular weight is 436 g/mol. The van der Waals surface area contributed by atoms with Crippen molar-refractivity contribution in [1.82, 2.24) is 19.9 Å². The number of carbonyl (C=O) groups excluding carboxylic acids is 1. The van der Waals surface area contributed by atoms with E-state index in [1.165, 1.54) is 12.1 Å². The smallest absolute Gasteiger partial charge is 0.238 e. The Hall–Kier alpha value is -3.43. The van der Waals surface area contributed by atoms with E-state index in [4.69, 9.17) is 4.74 Å². The maximum atomic E-state index is 13.8. The fraction of sp³-hybridized carbons (Fsp3) is 0.304. The lowest BCUT2D eigenvalue weighted by Gasteiger charge is -2.32. The minimum atomic E-state index is -0.454. The molecule has 1 aliphatic heterocycles. The Bertz CT molecular complexity index is 1070. The van der Waals surface area contributed by atoms with Crippen molar-refractivity contribution in [3.05, 3.63) is 71.6 Å². The number of aromatic nitrogens is 3. The standard InChI is InChI=1S/C23H25FN6O2/c1-15-11-16(2)27-23(26-15)28-17-7-8-20(25-12-17)21-13-30(9-10-32-21)14-22(31)29-19-6-4-3-5-18(19)24/h3-8,11-12,21H,9-10,13-14H2,1-2H3,(H,29,31)(H,26,27,28)/t21-/m0/s1. The van der Waals surface area contributed by atoms with Gasteiger partial charge in [-0.3, -0.25) is 14.7 Å². The first-order valence-electron chi connectivity index (χ1n) is 10.4. The number of benzene rings is 1. The van der Waals surface area contributed by atoms with E-state index < -0.39 is 5.82 Å². The molecule has 1 aliphatic rings. The van der Waals surface area contributed by atoms with E-state index in [2.05, 4.69) is 25.6 Å². The van der Waals surface area contributed by atoms with Crippen LogP contribution in [0.5, 0.6) is 0 Å². The molecule has 3 heterocycles. The number of ether oxygens (including phenoxy) is 1. The van der Waals surface area contributed by atoms with Crippen LogP contribution in [0.2, 0.25) is 0 Å². The number of hydrogen-bond donors (Lipinski definition) is 2. The Morgan fingerprint density at radius 3 is 2.69 bits per heavy atom. The highest BCUT2D eigenvalue weighted by molar-refractivity contribution is 5.92. The number of pyridine rings is 1. The molecule has 0 spiro atoms. The molecule has 2 aromatic heterocycles. The summed E-state index contributed by atoms with van der Waals surface area (Å²) < 4.78 is 19.6. The van der Waals surface area contributed by atoms with Crippen molar-refractivity contribution in [2.24, 2.45) is 0 Å². The van der Waals surface area contributed by atoms with Gasteiger partial charge in [0.15, 0.2) is 0 Å². The molecule has 0 saturated carbocycles. The molecular weight excluding hydrogens is 411 g/mol. The average Bonchev–Trinajstić information content (AvgIpc) is 2.75. The summed E-state index contributed by atoms with van der Waals surface area (Å²) in [7, 11) is 0. The number of hydrogen-bond acceptors (Lipinski definition) is 7. The van der Waals surface area contributed by atoms with E-state index in [1.54, 1.807) is 18.3 Å². The number of rotatable bonds is 6. The first kappa shape index (κ1) is 21.8. The van der Waals surface area contributed by atoms with Gasteiger partial charge in [0.25, 0.3) is 0 Å². The second-order valence-electron chi connectivity index (χ2n) is 7.69. The predicted molar refractivity (Wildman–Crippen MR) is 119 cm³/mol. The predicted octanol–water partition coefficient (Wildman–Crippen LogP) is 3.38. The van der Waals surface area contributed by atoms with Gasteiger partial charge in [0, 0.05) is 24.5 Å². The molecule has 1 amide bonds. The lowest BCUT2D eigenvalue weighted by atomic mass is 10.2. The van der Waals surface area contributed by atoms with Crippen LogP contribution >= 0.6 is 0 Å². The van der Waals surface area contributed by atoms with Crippen molar-refractivity contribution in [3.63, 3.8) is 0 Å². The quantitative estimate of drug-likeness (QED) is 0.612. The summed E-state index contributed by atoms with van der Waals surface area (Å²) in [4.78, 5) is 27.6. The molecule has 8 nitrogen and oxygen atoms in total. The first-order chi connectivity index (χ1) is 15.5. The number of morpholine rings is 1. The third-order valence-corrected chi connectivity index (χ3v) is 5.02. The molecule has 1 fully saturated rings. The van der Waals surface area contributed by atoms with Crippen LogP contribution < -0.4 is 10.6 Å². The number of nitrogens with zero attached hydrogens (tertiary/aromatic N) is 4. The lowest BCUT2D eigenvalue weighted by molar-refractivity contribution is -0.119. The van der Waals surface area contributed by atoms with Crippen molar-refractivity contribution >= 4 is 23.2 Å². The highest BCUT2D eigenvalue weighted by Gasteiger charge is 2.24. The summed E-state index contributed by atoms with van der Waals surface area (Å²) in [5.41, 5.74) is 3.50. The summed E-state index contributed by atoms with van der Waals surface area (Å²) in [6.07, 6.45) is 1.46. The summed E-state index contributed by atoms with van der Waals surface area (Å²) in [5, 5.41) is 5.78. The zero-order valence-electron chi connectivity index (χ0n) is 18.0. The van der Waals surface area contributed by atoms with Gasteiger partial charge in [-0.2, -0.15) is 0 Å². The van der Waals surface area contributed by atoms with Crippen LogP contribution in [0.15, 0.2) is 48.7 Å². The zero-order valence-corrected chi connectivity index (χ0v) is 18.0. The Morgan fingerprint density at radius 1 is 1.19 bits per heavy atom. The molecule has 3 aromatic rings. The molecule has 1 saturated heterocycles. The van der Waals surface area contributed by atoms with E-state index >= 15 is 0 Å². The van der Waals surface area contributed by atoms with Crippen molar-refractivity contribution in [3.8, 4) is 0 Å². The summed E-state index contributed by atoms with van der Waals surface area (Å²) >= 11 is 0. The normalized spacial score (nSPS) is 16.5.